The lowest BCUT2D eigenvalue weighted by Gasteiger charge is -2.40. The summed E-state index contributed by atoms with van der Waals surface area (Å²) in [4.78, 5) is 28.4. The van der Waals surface area contributed by atoms with Crippen molar-refractivity contribution < 1.29 is 4.79 Å². The van der Waals surface area contributed by atoms with Crippen LogP contribution in [0.25, 0.3) is 0 Å². The molecular weight excluding hydrogens is 400 g/mol. The third kappa shape index (κ3) is 4.91. The third-order valence-electron chi connectivity index (χ3n) is 5.90. The summed E-state index contributed by atoms with van der Waals surface area (Å²) < 4.78 is 0. The van der Waals surface area contributed by atoms with Crippen LogP contribution in [0.1, 0.15) is 34.9 Å². The fourth-order valence-electron chi connectivity index (χ4n) is 4.20. The number of nitrogens with zero attached hydrogens (tertiary/aromatic N) is 5. The number of hydrogen-bond acceptors (Lipinski definition) is 6. The molecule has 1 aromatic heterocycles. The smallest absolute Gasteiger partial charge is 0.271 e. The van der Waals surface area contributed by atoms with Crippen LogP contribution in [-0.2, 0) is 0 Å². The molecule has 7 nitrogen and oxygen atoms in total. The van der Waals surface area contributed by atoms with E-state index in [9.17, 15) is 4.79 Å². The average Bonchev–Trinajstić information content (AvgIpc) is 3.30. The number of anilines is 1. The number of halogens is 1. The van der Waals surface area contributed by atoms with Gasteiger partial charge in [-0.15, -0.1) is 0 Å². The molecule has 160 valence electrons. The molecule has 4 rings (SSSR count). The number of hydrogen-bond donors (Lipinski definition) is 1. The summed E-state index contributed by atoms with van der Waals surface area (Å²) in [5.74, 6) is 0.346. The van der Waals surface area contributed by atoms with E-state index in [0.717, 1.165) is 52.1 Å². The van der Waals surface area contributed by atoms with Gasteiger partial charge in [-0.2, -0.15) is 0 Å². The average molecular weight is 429 g/mol. The van der Waals surface area contributed by atoms with Crippen LogP contribution in [0.15, 0.2) is 36.5 Å². The predicted octanol–water partition coefficient (Wildman–Crippen LogP) is 2.45. The molecule has 1 N–H and O–H groups in total. The van der Waals surface area contributed by atoms with E-state index in [0.29, 0.717) is 18.5 Å². The van der Waals surface area contributed by atoms with Crippen molar-refractivity contribution in [2.45, 2.75) is 18.9 Å². The molecule has 2 aromatic rings. The Bertz CT molecular complexity index is 858. The maximum absolute atomic E-state index is 12.7. The number of nitrogens with one attached hydrogen (secondary N) is 1. The maximum Gasteiger partial charge on any atom is 0.271 e. The van der Waals surface area contributed by atoms with E-state index in [2.05, 4.69) is 61.3 Å². The maximum atomic E-state index is 12.7. The van der Waals surface area contributed by atoms with E-state index in [-0.39, 0.29) is 16.6 Å². The number of carbonyl (C=O) groups excluding carboxylic acids is 1. The largest absolute Gasteiger partial charge is 0.349 e. The van der Waals surface area contributed by atoms with Crippen LogP contribution in [0.4, 0.5) is 5.95 Å². The minimum absolute atomic E-state index is 0.242. The van der Waals surface area contributed by atoms with Gasteiger partial charge in [0.25, 0.3) is 5.91 Å². The van der Waals surface area contributed by atoms with Crippen LogP contribution in [0, 0.1) is 0 Å². The van der Waals surface area contributed by atoms with Crippen molar-refractivity contribution in [1.29, 1.82) is 0 Å². The van der Waals surface area contributed by atoms with Gasteiger partial charge in [0.1, 0.15) is 0 Å². The Morgan fingerprint density at radius 2 is 1.93 bits per heavy atom. The summed E-state index contributed by atoms with van der Waals surface area (Å²) in [6.07, 6.45) is 3.78. The van der Waals surface area contributed by atoms with Crippen molar-refractivity contribution in [3.63, 3.8) is 0 Å². The van der Waals surface area contributed by atoms with Crippen LogP contribution in [-0.4, -0.2) is 78.5 Å². The molecule has 0 saturated carbocycles. The molecule has 0 spiro atoms. The normalized spacial score (nSPS) is 20.5. The quantitative estimate of drug-likeness (QED) is 0.762. The van der Waals surface area contributed by atoms with Crippen molar-refractivity contribution in [3.05, 3.63) is 52.8 Å². The fourth-order valence-corrected chi connectivity index (χ4v) is 4.38. The van der Waals surface area contributed by atoms with Crippen molar-refractivity contribution in [1.82, 2.24) is 25.1 Å². The molecule has 2 aliphatic heterocycles. The molecule has 8 heteroatoms. The Morgan fingerprint density at radius 1 is 1.17 bits per heavy atom. The highest BCUT2D eigenvalue weighted by Gasteiger charge is 2.26. The van der Waals surface area contributed by atoms with Gasteiger partial charge in [0.05, 0.1) is 11.2 Å². The molecule has 0 unspecified atom stereocenters. The zero-order chi connectivity index (χ0) is 20.9. The van der Waals surface area contributed by atoms with E-state index in [1.54, 1.807) is 0 Å². The highest BCUT2D eigenvalue weighted by molar-refractivity contribution is 6.33. The topological polar surface area (TPSA) is 64.6 Å². The van der Waals surface area contributed by atoms with Crippen LogP contribution < -0.4 is 10.2 Å². The van der Waals surface area contributed by atoms with Crippen LogP contribution in [0.5, 0.6) is 0 Å². The molecule has 2 saturated heterocycles. The van der Waals surface area contributed by atoms with Gasteiger partial charge in [-0.1, -0.05) is 41.9 Å². The van der Waals surface area contributed by atoms with Gasteiger partial charge >= 0.3 is 0 Å². The number of aromatic nitrogens is 2. The first-order valence-corrected chi connectivity index (χ1v) is 11.0. The van der Waals surface area contributed by atoms with Gasteiger partial charge in [-0.05, 0) is 25.5 Å². The number of likely N-dealkylation sites (N-methyl/N-ethyl adjacent to an activating group) is 1. The number of benzene rings is 1. The second-order valence-electron chi connectivity index (χ2n) is 8.04. The molecule has 0 bridgehead atoms. The fraction of sp³-hybridized carbons (Fsp3) is 0.500. The van der Waals surface area contributed by atoms with E-state index in [1.807, 2.05) is 6.07 Å². The van der Waals surface area contributed by atoms with Gasteiger partial charge in [0, 0.05) is 51.9 Å². The van der Waals surface area contributed by atoms with Crippen molar-refractivity contribution >= 4 is 23.5 Å². The third-order valence-corrected chi connectivity index (χ3v) is 6.18. The van der Waals surface area contributed by atoms with E-state index in [4.69, 9.17) is 11.6 Å². The summed E-state index contributed by atoms with van der Waals surface area (Å²) in [5.41, 5.74) is 1.57. The van der Waals surface area contributed by atoms with E-state index < -0.39 is 0 Å². The van der Waals surface area contributed by atoms with Gasteiger partial charge < -0.3 is 15.1 Å². The van der Waals surface area contributed by atoms with Crippen molar-refractivity contribution in [2.24, 2.45) is 0 Å². The highest BCUT2D eigenvalue weighted by atomic mass is 35.5. The Kier molecular flexibility index (Phi) is 6.82. The summed E-state index contributed by atoms with van der Waals surface area (Å²) in [5, 5.41) is 3.29. The molecule has 0 radical (unpaired) electrons. The minimum atomic E-state index is -0.242. The molecule has 1 aromatic carbocycles. The molecule has 30 heavy (non-hydrogen) atoms. The first-order chi connectivity index (χ1) is 14.6. The number of rotatable bonds is 6. The molecule has 0 aliphatic carbocycles. The van der Waals surface area contributed by atoms with Gasteiger partial charge in [0.15, 0.2) is 5.69 Å². The molecule has 2 fully saturated rings. The lowest BCUT2D eigenvalue weighted by molar-refractivity contribution is 0.0840. The summed E-state index contributed by atoms with van der Waals surface area (Å²) in [7, 11) is 2.16. The Labute approximate surface area is 183 Å². The molecule has 1 amide bonds. The first kappa shape index (κ1) is 21.0. The van der Waals surface area contributed by atoms with E-state index >= 15 is 0 Å². The molecule has 2 aliphatic rings. The second-order valence-corrected chi connectivity index (χ2v) is 8.45. The van der Waals surface area contributed by atoms with Crippen molar-refractivity contribution in [2.75, 3.05) is 57.8 Å². The van der Waals surface area contributed by atoms with Gasteiger partial charge in [-0.25, -0.2) is 9.97 Å². The van der Waals surface area contributed by atoms with Gasteiger partial charge in [0.2, 0.25) is 5.95 Å². The summed E-state index contributed by atoms with van der Waals surface area (Å²) in [6.45, 7) is 6.15. The van der Waals surface area contributed by atoms with Crippen LogP contribution in [0.2, 0.25) is 5.02 Å². The summed E-state index contributed by atoms with van der Waals surface area (Å²) >= 11 is 6.22. The number of piperazine rings is 1. The second kappa shape index (κ2) is 9.73. The monoisotopic (exact) mass is 428 g/mol. The summed E-state index contributed by atoms with van der Waals surface area (Å²) in [6, 6.07) is 10.9. The lowest BCUT2D eigenvalue weighted by Crippen LogP contribution is -2.49. The zero-order valence-corrected chi connectivity index (χ0v) is 18.2. The van der Waals surface area contributed by atoms with Crippen LogP contribution in [0.3, 0.4) is 0 Å². The first-order valence-electron chi connectivity index (χ1n) is 10.6. The molecule has 3 heterocycles. The Hall–Kier alpha value is -2.22. The Balaban J connectivity index is 1.37. The molecule has 1 atom stereocenters. The van der Waals surface area contributed by atoms with Gasteiger partial charge in [-0.3, -0.25) is 9.69 Å². The van der Waals surface area contributed by atoms with E-state index in [1.165, 1.54) is 11.8 Å². The molecular formula is C22H29ClN6O. The highest BCUT2D eigenvalue weighted by Crippen LogP contribution is 2.24. The SMILES string of the molecule is CN1CCN(CCNC(=O)c2nc(N3CCCC3)ncc2Cl)[C@H](c2ccccc2)C1. The number of carbonyl (C=O) groups is 1. The zero-order valence-electron chi connectivity index (χ0n) is 17.4. The minimum Gasteiger partial charge on any atom is -0.349 e. The van der Waals surface area contributed by atoms with Crippen LogP contribution >= 0.6 is 11.6 Å². The standard InChI is InChI=1S/C22H29ClN6O/c1-27-13-14-28(19(16-27)17-7-3-2-4-8-17)12-9-24-21(30)20-18(23)15-25-22(26-20)29-10-5-6-11-29/h2-4,7-8,15,19H,5-6,9-14,16H2,1H3,(H,24,30)/t19-/m0/s1. The van der Waals surface area contributed by atoms with Crippen molar-refractivity contribution in [3.8, 4) is 0 Å². The number of amides is 1. The predicted molar refractivity (Wildman–Crippen MR) is 119 cm³/mol. The lowest BCUT2D eigenvalue weighted by atomic mass is 10.0. The Morgan fingerprint density at radius 3 is 2.70 bits per heavy atom.